The molecule has 1 aromatic rings. The molecule has 0 aromatic heterocycles. The molecule has 0 heterocycles. The van der Waals surface area contributed by atoms with E-state index in [1.54, 1.807) is 18.2 Å². The SMILES string of the molecule is C=C(C)CCC(O)CSc1ccccc1F. The average molecular weight is 240 g/mol. The van der Waals surface area contributed by atoms with E-state index in [4.69, 9.17) is 0 Å². The largest absolute Gasteiger partial charge is 0.392 e. The Morgan fingerprint density at radius 3 is 2.81 bits per heavy atom. The number of hydrogen-bond acceptors (Lipinski definition) is 2. The second-order valence-corrected chi connectivity index (χ2v) is 4.95. The summed E-state index contributed by atoms with van der Waals surface area (Å²) in [4.78, 5) is 0.594. The van der Waals surface area contributed by atoms with E-state index < -0.39 is 6.10 Å². The van der Waals surface area contributed by atoms with Gasteiger partial charge in [0.1, 0.15) is 5.82 Å². The van der Waals surface area contributed by atoms with Crippen molar-refractivity contribution in [2.24, 2.45) is 0 Å². The van der Waals surface area contributed by atoms with Crippen LogP contribution in [0.25, 0.3) is 0 Å². The Labute approximate surface area is 100 Å². The van der Waals surface area contributed by atoms with Crippen LogP contribution in [-0.2, 0) is 0 Å². The van der Waals surface area contributed by atoms with Crippen molar-refractivity contribution in [1.29, 1.82) is 0 Å². The maximum Gasteiger partial charge on any atom is 0.136 e. The first-order valence-electron chi connectivity index (χ1n) is 5.29. The van der Waals surface area contributed by atoms with Crippen LogP contribution in [0.3, 0.4) is 0 Å². The second-order valence-electron chi connectivity index (χ2n) is 3.89. The summed E-state index contributed by atoms with van der Waals surface area (Å²) in [5, 5.41) is 9.67. The molecule has 0 spiro atoms. The van der Waals surface area contributed by atoms with Crippen LogP contribution in [0.4, 0.5) is 4.39 Å². The van der Waals surface area contributed by atoms with Crippen LogP contribution in [-0.4, -0.2) is 17.0 Å². The summed E-state index contributed by atoms with van der Waals surface area (Å²) in [6.45, 7) is 5.72. The third-order valence-electron chi connectivity index (χ3n) is 2.17. The lowest BCUT2D eigenvalue weighted by molar-refractivity contribution is 0.189. The Hall–Kier alpha value is -0.800. The number of rotatable bonds is 6. The number of allylic oxidation sites excluding steroid dienone is 1. The Bertz CT molecular complexity index is 352. The molecule has 0 radical (unpaired) electrons. The highest BCUT2D eigenvalue weighted by Crippen LogP contribution is 2.23. The third-order valence-corrected chi connectivity index (χ3v) is 3.37. The van der Waals surface area contributed by atoms with E-state index in [0.717, 1.165) is 12.0 Å². The van der Waals surface area contributed by atoms with Gasteiger partial charge in [0.2, 0.25) is 0 Å². The summed E-state index contributed by atoms with van der Waals surface area (Å²) in [7, 11) is 0. The zero-order chi connectivity index (χ0) is 12.0. The minimum Gasteiger partial charge on any atom is -0.392 e. The molecule has 0 aliphatic carbocycles. The van der Waals surface area contributed by atoms with Crippen LogP contribution in [0.2, 0.25) is 0 Å². The molecule has 1 N–H and O–H groups in total. The van der Waals surface area contributed by atoms with Gasteiger partial charge in [0.25, 0.3) is 0 Å². The summed E-state index contributed by atoms with van der Waals surface area (Å²) in [6.07, 6.45) is 1.11. The van der Waals surface area contributed by atoms with Gasteiger partial charge < -0.3 is 5.11 Å². The normalized spacial score (nSPS) is 12.4. The molecular formula is C13H17FOS. The van der Waals surface area contributed by atoms with Crippen molar-refractivity contribution >= 4 is 11.8 Å². The van der Waals surface area contributed by atoms with Gasteiger partial charge in [0.05, 0.1) is 6.10 Å². The van der Waals surface area contributed by atoms with E-state index in [0.29, 0.717) is 17.1 Å². The Balaban J connectivity index is 2.34. The molecule has 16 heavy (non-hydrogen) atoms. The second kappa shape index (κ2) is 6.71. The van der Waals surface area contributed by atoms with Gasteiger partial charge in [-0.25, -0.2) is 4.39 Å². The number of halogens is 1. The lowest BCUT2D eigenvalue weighted by atomic mass is 10.1. The number of aliphatic hydroxyl groups excluding tert-OH is 1. The number of hydrogen-bond donors (Lipinski definition) is 1. The van der Waals surface area contributed by atoms with Crippen LogP contribution >= 0.6 is 11.8 Å². The van der Waals surface area contributed by atoms with Crippen LogP contribution < -0.4 is 0 Å². The summed E-state index contributed by atoms with van der Waals surface area (Å²) in [5.74, 6) is 0.299. The van der Waals surface area contributed by atoms with Crippen LogP contribution in [0.1, 0.15) is 19.8 Å². The minimum absolute atomic E-state index is 0.223. The molecule has 1 nitrogen and oxygen atoms in total. The predicted octanol–water partition coefficient (Wildman–Crippen LogP) is 3.64. The first kappa shape index (κ1) is 13.3. The molecule has 3 heteroatoms. The Kier molecular flexibility index (Phi) is 5.56. The van der Waals surface area contributed by atoms with E-state index in [1.165, 1.54) is 17.8 Å². The zero-order valence-corrected chi connectivity index (χ0v) is 10.3. The molecule has 0 fully saturated rings. The van der Waals surface area contributed by atoms with Crippen LogP contribution in [0, 0.1) is 5.82 Å². The van der Waals surface area contributed by atoms with Crippen molar-refractivity contribution in [1.82, 2.24) is 0 Å². The monoisotopic (exact) mass is 240 g/mol. The molecule has 1 atom stereocenters. The number of aliphatic hydroxyl groups is 1. The van der Waals surface area contributed by atoms with E-state index >= 15 is 0 Å². The molecule has 1 unspecified atom stereocenters. The average Bonchev–Trinajstić information content (AvgIpc) is 2.25. The molecule has 0 saturated carbocycles. The summed E-state index contributed by atoms with van der Waals surface area (Å²) >= 11 is 1.35. The molecule has 0 amide bonds. The highest BCUT2D eigenvalue weighted by Gasteiger charge is 2.07. The maximum atomic E-state index is 13.2. The highest BCUT2D eigenvalue weighted by atomic mass is 32.2. The smallest absolute Gasteiger partial charge is 0.136 e. The molecule has 0 aliphatic rings. The predicted molar refractivity (Wildman–Crippen MR) is 67.2 cm³/mol. The highest BCUT2D eigenvalue weighted by molar-refractivity contribution is 7.99. The molecule has 1 aromatic carbocycles. The molecule has 1 rings (SSSR count). The van der Waals surface area contributed by atoms with Gasteiger partial charge in [-0.3, -0.25) is 0 Å². The minimum atomic E-state index is -0.402. The van der Waals surface area contributed by atoms with Crippen molar-refractivity contribution < 1.29 is 9.50 Å². The zero-order valence-electron chi connectivity index (χ0n) is 9.45. The van der Waals surface area contributed by atoms with E-state index in [9.17, 15) is 9.50 Å². The van der Waals surface area contributed by atoms with Crippen molar-refractivity contribution in [3.05, 3.63) is 42.2 Å². The standard InChI is InChI=1S/C13H17FOS/c1-10(2)7-8-11(15)9-16-13-6-4-3-5-12(13)14/h3-6,11,15H,1,7-9H2,2H3. The number of thioether (sulfide) groups is 1. The van der Waals surface area contributed by atoms with Gasteiger partial charge in [-0.15, -0.1) is 18.3 Å². The fraction of sp³-hybridized carbons (Fsp3) is 0.385. The van der Waals surface area contributed by atoms with Crippen molar-refractivity contribution in [2.75, 3.05) is 5.75 Å². The molecule has 0 saturated heterocycles. The van der Waals surface area contributed by atoms with E-state index in [1.807, 2.05) is 6.92 Å². The Morgan fingerprint density at radius 1 is 1.50 bits per heavy atom. The van der Waals surface area contributed by atoms with Gasteiger partial charge >= 0.3 is 0 Å². The van der Waals surface area contributed by atoms with Gasteiger partial charge in [0.15, 0.2) is 0 Å². The fourth-order valence-corrected chi connectivity index (χ4v) is 2.16. The summed E-state index contributed by atoms with van der Waals surface area (Å²) < 4.78 is 13.2. The van der Waals surface area contributed by atoms with Crippen LogP contribution in [0.15, 0.2) is 41.3 Å². The summed E-state index contributed by atoms with van der Waals surface area (Å²) in [6, 6.07) is 6.62. The fourth-order valence-electron chi connectivity index (χ4n) is 1.24. The quantitative estimate of drug-likeness (QED) is 0.605. The van der Waals surface area contributed by atoms with E-state index in [2.05, 4.69) is 6.58 Å². The first-order chi connectivity index (χ1) is 7.59. The van der Waals surface area contributed by atoms with Gasteiger partial charge in [-0.05, 0) is 31.9 Å². The summed E-state index contributed by atoms with van der Waals surface area (Å²) in [5.41, 5.74) is 1.06. The van der Waals surface area contributed by atoms with Gasteiger partial charge in [-0.1, -0.05) is 17.7 Å². The topological polar surface area (TPSA) is 20.2 Å². The molecular weight excluding hydrogens is 223 g/mol. The van der Waals surface area contributed by atoms with Crippen LogP contribution in [0.5, 0.6) is 0 Å². The van der Waals surface area contributed by atoms with Gasteiger partial charge in [0, 0.05) is 10.6 Å². The first-order valence-corrected chi connectivity index (χ1v) is 6.28. The lowest BCUT2D eigenvalue weighted by Crippen LogP contribution is -2.09. The Morgan fingerprint density at radius 2 is 2.19 bits per heavy atom. The molecule has 0 aliphatic heterocycles. The third kappa shape index (κ3) is 4.81. The van der Waals surface area contributed by atoms with Crippen molar-refractivity contribution in [2.45, 2.75) is 30.8 Å². The number of benzene rings is 1. The van der Waals surface area contributed by atoms with E-state index in [-0.39, 0.29) is 5.82 Å². The molecule has 88 valence electrons. The van der Waals surface area contributed by atoms with Gasteiger partial charge in [-0.2, -0.15) is 0 Å². The lowest BCUT2D eigenvalue weighted by Gasteiger charge is -2.10. The maximum absolute atomic E-state index is 13.2. The molecule has 0 bridgehead atoms. The van der Waals surface area contributed by atoms with Crippen molar-refractivity contribution in [3.63, 3.8) is 0 Å². The van der Waals surface area contributed by atoms with Crippen molar-refractivity contribution in [3.8, 4) is 0 Å².